The summed E-state index contributed by atoms with van der Waals surface area (Å²) in [5, 5.41) is 17.0. The first-order valence-corrected chi connectivity index (χ1v) is 15.3. The molecule has 2 bridgehead atoms. The smallest absolute Gasteiger partial charge is 0.254 e. The molecule has 14 heteroatoms. The van der Waals surface area contributed by atoms with Gasteiger partial charge in [-0.1, -0.05) is 26.0 Å². The van der Waals surface area contributed by atoms with Crippen molar-refractivity contribution in [3.05, 3.63) is 72.3 Å². The number of ether oxygens (including phenoxy) is 2. The molecule has 0 fully saturated rings. The van der Waals surface area contributed by atoms with E-state index in [4.69, 9.17) is 9.47 Å². The van der Waals surface area contributed by atoms with Gasteiger partial charge in [-0.05, 0) is 65.1 Å². The number of methoxy groups -OCH3 is 1. The summed E-state index contributed by atoms with van der Waals surface area (Å²) < 4.78 is 15.3. The summed E-state index contributed by atoms with van der Waals surface area (Å²) in [7, 11) is 1.58. The molecule has 1 aliphatic rings. The van der Waals surface area contributed by atoms with Gasteiger partial charge in [-0.15, -0.1) is 5.10 Å². The lowest BCUT2D eigenvalue weighted by molar-refractivity contribution is -0.130. The van der Waals surface area contributed by atoms with E-state index in [1.54, 1.807) is 30.1 Å². The van der Waals surface area contributed by atoms with Gasteiger partial charge in [0.05, 0.1) is 26.8 Å². The molecule has 5 rings (SSSR count). The van der Waals surface area contributed by atoms with Crippen molar-refractivity contribution >= 4 is 17.7 Å². The van der Waals surface area contributed by atoms with E-state index in [-0.39, 0.29) is 37.4 Å². The van der Waals surface area contributed by atoms with E-state index in [0.29, 0.717) is 49.5 Å². The molecule has 0 saturated carbocycles. The number of carbonyl (C=O) groups is 3. The van der Waals surface area contributed by atoms with Crippen LogP contribution in [0.4, 0.5) is 0 Å². The molecule has 1 atom stereocenters. The zero-order valence-corrected chi connectivity index (χ0v) is 26.3. The van der Waals surface area contributed by atoms with Gasteiger partial charge in [0.1, 0.15) is 18.2 Å². The van der Waals surface area contributed by atoms with Crippen LogP contribution < -0.4 is 20.1 Å². The zero-order valence-electron chi connectivity index (χ0n) is 26.3. The van der Waals surface area contributed by atoms with Crippen molar-refractivity contribution in [1.82, 2.24) is 45.3 Å². The molecule has 242 valence electrons. The summed E-state index contributed by atoms with van der Waals surface area (Å²) in [5.41, 5.74) is 2.20. The van der Waals surface area contributed by atoms with Crippen molar-refractivity contribution < 1.29 is 23.9 Å². The Morgan fingerprint density at radius 3 is 2.67 bits per heavy atom. The highest BCUT2D eigenvalue weighted by molar-refractivity contribution is 5.97. The summed E-state index contributed by atoms with van der Waals surface area (Å²) in [6.07, 6.45) is 6.24. The van der Waals surface area contributed by atoms with Crippen LogP contribution in [0.5, 0.6) is 11.5 Å². The Labute approximate surface area is 267 Å². The minimum Gasteiger partial charge on any atom is -0.493 e. The molecule has 2 aromatic heterocycles. The fraction of sp³-hybridized carbons (Fsp3) is 0.406. The highest BCUT2D eigenvalue weighted by atomic mass is 16.5. The quantitative estimate of drug-likeness (QED) is 0.338. The van der Waals surface area contributed by atoms with E-state index in [1.165, 1.54) is 11.2 Å². The Hall–Kier alpha value is -5.27. The number of hydrogen-bond acceptors (Lipinski definition) is 9. The van der Waals surface area contributed by atoms with Crippen LogP contribution in [-0.2, 0) is 22.7 Å². The van der Waals surface area contributed by atoms with Crippen LogP contribution in [0.2, 0.25) is 0 Å². The fourth-order valence-electron chi connectivity index (χ4n) is 5.24. The van der Waals surface area contributed by atoms with Crippen LogP contribution in [0.25, 0.3) is 11.4 Å². The maximum Gasteiger partial charge on any atom is 0.254 e. The van der Waals surface area contributed by atoms with Crippen LogP contribution in [-0.4, -0.2) is 91.8 Å². The second-order valence-electron chi connectivity index (χ2n) is 11.4. The minimum atomic E-state index is -0.752. The number of benzene rings is 2. The van der Waals surface area contributed by atoms with Crippen LogP contribution >= 0.6 is 0 Å². The van der Waals surface area contributed by atoms with Crippen LogP contribution in [0, 0.1) is 5.92 Å². The average Bonchev–Trinajstić information content (AvgIpc) is 3.75. The van der Waals surface area contributed by atoms with Crippen molar-refractivity contribution in [2.75, 3.05) is 33.4 Å². The molecule has 3 heterocycles. The molecule has 4 aromatic rings. The Bertz CT molecular complexity index is 1620. The third-order valence-electron chi connectivity index (χ3n) is 7.67. The molecular weight excluding hydrogens is 590 g/mol. The first kappa shape index (κ1) is 32.1. The number of amides is 3. The Balaban J connectivity index is 1.37. The third-order valence-corrected chi connectivity index (χ3v) is 7.67. The number of nitrogens with zero attached hydrogens (tertiary/aromatic N) is 7. The lowest BCUT2D eigenvalue weighted by Gasteiger charge is -2.26. The summed E-state index contributed by atoms with van der Waals surface area (Å²) in [6.45, 7) is 5.53. The molecular formula is C32H39N9O5. The molecule has 14 nitrogen and oxygen atoms in total. The largest absolute Gasteiger partial charge is 0.493 e. The van der Waals surface area contributed by atoms with Gasteiger partial charge in [0, 0.05) is 43.2 Å². The van der Waals surface area contributed by atoms with Gasteiger partial charge in [-0.2, -0.15) is 0 Å². The number of rotatable bonds is 5. The second kappa shape index (κ2) is 15.1. The molecule has 3 amide bonds. The maximum atomic E-state index is 13.7. The van der Waals surface area contributed by atoms with E-state index >= 15 is 0 Å². The minimum absolute atomic E-state index is 0.162. The highest BCUT2D eigenvalue weighted by Crippen LogP contribution is 2.32. The SMILES string of the molecule is COc1ccc2cc1OCCCN(C(=O)c1ccc(Cn3cnnn3)cc1)CC(=O)N[C@H](C(C)C)C(=O)NCCCn1ccnc1-2. The maximum absolute atomic E-state index is 13.7. The lowest BCUT2D eigenvalue weighted by atomic mass is 10.0. The monoisotopic (exact) mass is 629 g/mol. The van der Waals surface area contributed by atoms with Crippen molar-refractivity contribution in [2.45, 2.75) is 45.8 Å². The molecule has 0 unspecified atom stereocenters. The normalized spacial score (nSPS) is 16.7. The standard InChI is InChI=1S/C32H39N9O5/c1-22(2)29-31(43)34-12-4-14-39-16-13-33-30(39)25-10-11-26(45-3)27(18-25)46-17-5-15-40(20-28(42)36-29)32(44)24-8-6-23(7-9-24)19-41-21-35-37-38-41/h6-11,13,16,18,21-22,29H,4-5,12,14-15,17,19-20H2,1-3H3,(H,34,43)(H,36,42)/t29-/m1/s1. The number of imidazole rings is 1. The van der Waals surface area contributed by atoms with Crippen molar-refractivity contribution in [1.29, 1.82) is 0 Å². The molecule has 46 heavy (non-hydrogen) atoms. The average molecular weight is 630 g/mol. The van der Waals surface area contributed by atoms with Gasteiger partial charge in [-0.25, -0.2) is 9.67 Å². The molecule has 0 spiro atoms. The van der Waals surface area contributed by atoms with Crippen LogP contribution in [0.15, 0.2) is 61.2 Å². The summed E-state index contributed by atoms with van der Waals surface area (Å²) >= 11 is 0. The molecule has 0 aliphatic carbocycles. The second-order valence-corrected chi connectivity index (χ2v) is 11.4. The Kier molecular flexibility index (Phi) is 10.6. The predicted octanol–water partition coefficient (Wildman–Crippen LogP) is 2.17. The number of carbonyl (C=O) groups excluding carboxylic acids is 3. The molecule has 0 radical (unpaired) electrons. The lowest BCUT2D eigenvalue weighted by Crippen LogP contribution is -2.52. The number of fused-ring (bicyclic) bond motifs is 4. The zero-order chi connectivity index (χ0) is 32.5. The van der Waals surface area contributed by atoms with Gasteiger partial charge in [0.25, 0.3) is 5.91 Å². The van der Waals surface area contributed by atoms with E-state index in [9.17, 15) is 14.4 Å². The van der Waals surface area contributed by atoms with Gasteiger partial charge in [0.2, 0.25) is 11.8 Å². The summed E-state index contributed by atoms with van der Waals surface area (Å²) in [4.78, 5) is 46.2. The van der Waals surface area contributed by atoms with E-state index in [0.717, 1.165) is 17.0 Å². The van der Waals surface area contributed by atoms with Gasteiger partial charge in [-0.3, -0.25) is 14.4 Å². The first-order valence-electron chi connectivity index (χ1n) is 15.3. The number of hydrogen-bond donors (Lipinski definition) is 2. The molecule has 1 aliphatic heterocycles. The predicted molar refractivity (Wildman–Crippen MR) is 168 cm³/mol. The summed E-state index contributed by atoms with van der Waals surface area (Å²) in [5.74, 6) is 0.726. The Morgan fingerprint density at radius 1 is 1.11 bits per heavy atom. The van der Waals surface area contributed by atoms with Crippen molar-refractivity contribution in [2.24, 2.45) is 5.92 Å². The van der Waals surface area contributed by atoms with E-state index in [2.05, 4.69) is 31.1 Å². The van der Waals surface area contributed by atoms with Gasteiger partial charge in [0.15, 0.2) is 11.5 Å². The van der Waals surface area contributed by atoms with E-state index < -0.39 is 11.9 Å². The third kappa shape index (κ3) is 8.06. The molecule has 0 saturated heterocycles. The molecule has 2 aromatic carbocycles. The van der Waals surface area contributed by atoms with Crippen molar-refractivity contribution in [3.8, 4) is 22.9 Å². The Morgan fingerprint density at radius 2 is 1.93 bits per heavy atom. The van der Waals surface area contributed by atoms with Crippen molar-refractivity contribution in [3.63, 3.8) is 0 Å². The number of nitrogens with one attached hydrogen (secondary N) is 2. The fourth-order valence-corrected chi connectivity index (χ4v) is 5.24. The number of aryl methyl sites for hydroxylation is 1. The van der Waals surface area contributed by atoms with E-state index in [1.807, 2.05) is 54.9 Å². The number of tetrazole rings is 1. The number of aromatic nitrogens is 6. The molecule has 2 N–H and O–H groups in total. The van der Waals surface area contributed by atoms with Gasteiger partial charge >= 0.3 is 0 Å². The van der Waals surface area contributed by atoms with Crippen LogP contribution in [0.3, 0.4) is 0 Å². The topological polar surface area (TPSA) is 158 Å². The van der Waals surface area contributed by atoms with Crippen LogP contribution in [0.1, 0.15) is 42.6 Å². The summed E-state index contributed by atoms with van der Waals surface area (Å²) in [6, 6.07) is 12.0. The first-order chi connectivity index (χ1) is 22.3. The van der Waals surface area contributed by atoms with Gasteiger partial charge < -0.3 is 29.6 Å². The highest BCUT2D eigenvalue weighted by Gasteiger charge is 2.26.